The van der Waals surface area contributed by atoms with E-state index in [9.17, 15) is 9.59 Å². The van der Waals surface area contributed by atoms with E-state index in [0.29, 0.717) is 41.0 Å². The Kier molecular flexibility index (Phi) is 12.2. The number of pyridine rings is 1. The van der Waals surface area contributed by atoms with Crippen molar-refractivity contribution >= 4 is 40.2 Å². The Morgan fingerprint density at radius 3 is 2.40 bits per heavy atom. The number of nitrogens with zero attached hydrogens (tertiary/aromatic N) is 4. The highest BCUT2D eigenvalue weighted by molar-refractivity contribution is 6.44. The first-order valence-electron chi connectivity index (χ1n) is 14.1. The van der Waals surface area contributed by atoms with Crippen molar-refractivity contribution in [3.05, 3.63) is 62.5 Å². The molecule has 8 nitrogen and oxygen atoms in total. The average Bonchev–Trinajstić information content (AvgIpc) is 2.96. The number of carbonyl (C=O) groups is 1. The van der Waals surface area contributed by atoms with Gasteiger partial charge in [0.25, 0.3) is 5.56 Å². The van der Waals surface area contributed by atoms with Gasteiger partial charge in [-0.15, -0.1) is 0 Å². The number of unbranched alkanes of at least 4 members (excludes halogenated alkanes) is 1. The molecule has 10 heteroatoms. The summed E-state index contributed by atoms with van der Waals surface area (Å²) in [7, 11) is 0. The van der Waals surface area contributed by atoms with E-state index < -0.39 is 12.3 Å². The van der Waals surface area contributed by atoms with E-state index in [4.69, 9.17) is 32.7 Å². The monoisotopic (exact) mass is 592 g/mol. The Morgan fingerprint density at radius 1 is 1.07 bits per heavy atom. The summed E-state index contributed by atoms with van der Waals surface area (Å²) in [6.07, 6.45) is 2.56. The highest BCUT2D eigenvalue weighted by Gasteiger charge is 2.20. The van der Waals surface area contributed by atoms with Gasteiger partial charge in [0.2, 0.25) is 0 Å². The topological polar surface area (TPSA) is 67.2 Å². The molecule has 3 rings (SSSR count). The third-order valence-electron chi connectivity index (χ3n) is 7.33. The lowest BCUT2D eigenvalue weighted by molar-refractivity contribution is 0.0410. The number of halogens is 2. The molecule has 1 aliphatic heterocycles. The summed E-state index contributed by atoms with van der Waals surface area (Å²) in [6.45, 7) is 15.9. The number of piperazine rings is 1. The van der Waals surface area contributed by atoms with Gasteiger partial charge >= 0.3 is 6.09 Å². The zero-order valence-corrected chi connectivity index (χ0v) is 25.8. The van der Waals surface area contributed by atoms with Gasteiger partial charge in [-0.1, -0.05) is 29.3 Å². The van der Waals surface area contributed by atoms with E-state index in [0.717, 1.165) is 56.6 Å². The molecule has 1 saturated heterocycles. The molecule has 1 aliphatic rings. The molecule has 1 atom stereocenters. The predicted octanol–water partition coefficient (Wildman–Crippen LogP) is 6.39. The van der Waals surface area contributed by atoms with Gasteiger partial charge in [0.1, 0.15) is 5.75 Å². The van der Waals surface area contributed by atoms with Crippen LogP contribution in [0.3, 0.4) is 0 Å². The van der Waals surface area contributed by atoms with Crippen molar-refractivity contribution in [3.8, 4) is 5.75 Å². The smallest absolute Gasteiger partial charge is 0.411 e. The van der Waals surface area contributed by atoms with E-state index in [1.165, 1.54) is 10.6 Å². The van der Waals surface area contributed by atoms with Crippen molar-refractivity contribution in [1.29, 1.82) is 0 Å². The van der Waals surface area contributed by atoms with Crippen LogP contribution in [0, 0.1) is 0 Å². The Morgan fingerprint density at radius 2 is 1.75 bits per heavy atom. The minimum absolute atomic E-state index is 0.234. The van der Waals surface area contributed by atoms with Crippen molar-refractivity contribution in [2.45, 2.75) is 53.7 Å². The zero-order valence-electron chi connectivity index (χ0n) is 24.3. The maximum absolute atomic E-state index is 12.8. The highest BCUT2D eigenvalue weighted by atomic mass is 35.5. The molecule has 1 fully saturated rings. The van der Waals surface area contributed by atoms with Crippen LogP contribution in [0.25, 0.3) is 10.9 Å². The van der Waals surface area contributed by atoms with Crippen LogP contribution in [0.2, 0.25) is 0 Å². The Labute approximate surface area is 247 Å². The van der Waals surface area contributed by atoms with Gasteiger partial charge in [0.15, 0.2) is 6.23 Å². The van der Waals surface area contributed by atoms with Crippen molar-refractivity contribution < 1.29 is 14.3 Å². The molecule has 1 unspecified atom stereocenters. The standard InChI is InChI=1S/C30H42Cl2N4O4/c1-6-26(31)29(32)22(4)35-18-16-33(17-19-35)15-9-10-20-39-25-13-11-24-12-14-28(37)36(27(24)21-25)23(5)40-30(38)34(7-2)8-3/h6,11-14,21,23H,7-10,15-20H2,1-5H3/b26-6+,29-22-. The quantitative estimate of drug-likeness (QED) is 0.210. The number of carbonyl (C=O) groups excluding carboxylic acids is 1. The lowest BCUT2D eigenvalue weighted by Gasteiger charge is -2.37. The van der Waals surface area contributed by atoms with Crippen LogP contribution in [0.4, 0.5) is 4.79 Å². The second kappa shape index (κ2) is 15.4. The predicted molar refractivity (Wildman–Crippen MR) is 163 cm³/mol. The molecule has 1 amide bonds. The largest absolute Gasteiger partial charge is 0.494 e. The van der Waals surface area contributed by atoms with Gasteiger partial charge in [-0.3, -0.25) is 14.3 Å². The number of ether oxygens (including phenoxy) is 2. The second-order valence-corrected chi connectivity index (χ2v) is 10.6. The zero-order chi connectivity index (χ0) is 29.2. The summed E-state index contributed by atoms with van der Waals surface area (Å²) in [5.41, 5.74) is 1.46. The first kappa shape index (κ1) is 31.8. The van der Waals surface area contributed by atoms with Gasteiger partial charge in [0.05, 0.1) is 22.2 Å². The number of hydrogen-bond donors (Lipinski definition) is 0. The molecule has 2 heterocycles. The van der Waals surface area contributed by atoms with Gasteiger partial charge < -0.3 is 19.3 Å². The van der Waals surface area contributed by atoms with Gasteiger partial charge in [-0.2, -0.15) is 0 Å². The van der Waals surface area contributed by atoms with Crippen LogP contribution >= 0.6 is 23.2 Å². The molecule has 0 aliphatic carbocycles. The number of aromatic nitrogens is 1. The molecular weight excluding hydrogens is 551 g/mol. The van der Waals surface area contributed by atoms with E-state index in [1.54, 1.807) is 17.9 Å². The molecule has 1 aromatic carbocycles. The van der Waals surface area contributed by atoms with Crippen LogP contribution in [-0.4, -0.2) is 77.8 Å². The molecule has 0 spiro atoms. The van der Waals surface area contributed by atoms with Gasteiger partial charge in [-0.25, -0.2) is 4.79 Å². The van der Waals surface area contributed by atoms with Gasteiger partial charge in [0, 0.05) is 57.1 Å². The fourth-order valence-electron chi connectivity index (χ4n) is 4.83. The maximum Gasteiger partial charge on any atom is 0.411 e. The molecule has 0 radical (unpaired) electrons. The Hall–Kier alpha value is -2.68. The number of amides is 1. The Bertz CT molecular complexity index is 1260. The number of fused-ring (bicyclic) bond motifs is 1. The summed E-state index contributed by atoms with van der Waals surface area (Å²) in [4.78, 5) is 31.6. The van der Waals surface area contributed by atoms with E-state index in [-0.39, 0.29) is 5.56 Å². The molecule has 0 bridgehead atoms. The normalized spacial score (nSPS) is 16.1. The lowest BCUT2D eigenvalue weighted by atomic mass is 10.2. The fourth-order valence-corrected chi connectivity index (χ4v) is 5.19. The first-order chi connectivity index (χ1) is 19.2. The second-order valence-electron chi connectivity index (χ2n) is 9.84. The maximum atomic E-state index is 12.8. The van der Waals surface area contributed by atoms with Gasteiger partial charge in [-0.05, 0) is 77.6 Å². The van der Waals surface area contributed by atoms with Crippen molar-refractivity contribution in [2.24, 2.45) is 0 Å². The Balaban J connectivity index is 1.52. The van der Waals surface area contributed by atoms with Crippen LogP contribution in [0.5, 0.6) is 5.75 Å². The third-order valence-corrected chi connectivity index (χ3v) is 8.31. The van der Waals surface area contributed by atoms with E-state index >= 15 is 0 Å². The molecule has 220 valence electrons. The van der Waals surface area contributed by atoms with E-state index in [1.807, 2.05) is 52.0 Å². The summed E-state index contributed by atoms with van der Waals surface area (Å²) in [6, 6.07) is 8.94. The number of allylic oxidation sites excluding steroid dienone is 4. The van der Waals surface area contributed by atoms with Crippen LogP contribution in [0.1, 0.15) is 53.7 Å². The molecule has 1 aromatic heterocycles. The summed E-state index contributed by atoms with van der Waals surface area (Å²) in [5.74, 6) is 0.682. The fraction of sp³-hybridized carbons (Fsp3) is 0.533. The van der Waals surface area contributed by atoms with Crippen molar-refractivity contribution in [2.75, 3.05) is 52.4 Å². The molecule has 40 heavy (non-hydrogen) atoms. The summed E-state index contributed by atoms with van der Waals surface area (Å²) < 4.78 is 13.2. The van der Waals surface area contributed by atoms with Crippen LogP contribution in [0.15, 0.2) is 57.0 Å². The SMILES string of the molecule is C/C=C(Cl)\C(Cl)=C(/C)N1CCN(CCCCOc2ccc3ccc(=O)n(C(C)OC(=O)N(CC)CC)c3c2)CC1. The number of rotatable bonds is 12. The van der Waals surface area contributed by atoms with Crippen LogP contribution < -0.4 is 10.3 Å². The minimum atomic E-state index is -0.754. The lowest BCUT2D eigenvalue weighted by Crippen LogP contribution is -2.45. The summed E-state index contributed by atoms with van der Waals surface area (Å²) >= 11 is 12.6. The molecule has 0 saturated carbocycles. The molecule has 0 N–H and O–H groups in total. The van der Waals surface area contributed by atoms with Crippen LogP contribution in [-0.2, 0) is 4.74 Å². The first-order valence-corrected chi connectivity index (χ1v) is 14.8. The molecular formula is C30H42Cl2N4O4. The number of hydrogen-bond acceptors (Lipinski definition) is 6. The van der Waals surface area contributed by atoms with E-state index in [2.05, 4.69) is 9.80 Å². The van der Waals surface area contributed by atoms with Crippen molar-refractivity contribution in [1.82, 2.24) is 19.3 Å². The highest BCUT2D eigenvalue weighted by Crippen LogP contribution is 2.26. The minimum Gasteiger partial charge on any atom is -0.494 e. The molecule has 2 aromatic rings. The van der Waals surface area contributed by atoms with Crippen molar-refractivity contribution in [3.63, 3.8) is 0 Å². The third kappa shape index (κ3) is 8.18. The summed E-state index contributed by atoms with van der Waals surface area (Å²) in [5, 5.41) is 2.08. The average molecular weight is 594 g/mol. The number of benzene rings is 1.